The second-order valence-electron chi connectivity index (χ2n) is 6.93. The third-order valence-electron chi connectivity index (χ3n) is 5.16. The zero-order valence-electron chi connectivity index (χ0n) is 18.5. The Morgan fingerprint density at radius 2 is 1.61 bits per heavy atom. The molecule has 0 aliphatic rings. The van der Waals surface area contributed by atoms with Crippen LogP contribution < -0.4 is 4.90 Å². The number of hydrogen-bond acceptors (Lipinski definition) is 6. The van der Waals surface area contributed by atoms with Gasteiger partial charge in [0.05, 0.1) is 16.6 Å². The number of thioether (sulfide) groups is 2. The topological polar surface area (TPSA) is 36.4 Å². The summed E-state index contributed by atoms with van der Waals surface area (Å²) in [6, 6.07) is 14.6. The van der Waals surface area contributed by atoms with Crippen molar-refractivity contribution in [1.82, 2.24) is 9.88 Å². The highest BCUT2D eigenvalue weighted by molar-refractivity contribution is 7.98. The van der Waals surface area contributed by atoms with Crippen molar-refractivity contribution in [3.63, 3.8) is 0 Å². The number of halogens is 1. The lowest BCUT2D eigenvalue weighted by molar-refractivity contribution is -0.118. The lowest BCUT2D eigenvalue weighted by Crippen LogP contribution is -2.39. The van der Waals surface area contributed by atoms with Gasteiger partial charge in [0.2, 0.25) is 5.91 Å². The highest BCUT2D eigenvalue weighted by atomic mass is 35.5. The number of aromatic nitrogens is 1. The van der Waals surface area contributed by atoms with Gasteiger partial charge in [0, 0.05) is 22.9 Å². The maximum Gasteiger partial charge on any atom is 0.233 e. The molecule has 0 aliphatic heterocycles. The average molecular weight is 496 g/mol. The third-order valence-corrected chi connectivity index (χ3v) is 7.67. The van der Waals surface area contributed by atoms with Crippen LogP contribution >= 0.6 is 47.3 Å². The highest BCUT2D eigenvalue weighted by Gasteiger charge is 2.21. The van der Waals surface area contributed by atoms with Crippen LogP contribution in [-0.4, -0.2) is 54.5 Å². The summed E-state index contributed by atoms with van der Waals surface area (Å²) in [6.45, 7) is 7.77. The van der Waals surface area contributed by atoms with E-state index in [-0.39, 0.29) is 18.3 Å². The van der Waals surface area contributed by atoms with Gasteiger partial charge in [0.15, 0.2) is 5.13 Å². The zero-order chi connectivity index (χ0) is 21.5. The quantitative estimate of drug-likeness (QED) is 0.318. The lowest BCUT2D eigenvalue weighted by atomic mass is 10.1. The molecule has 0 unspecified atom stereocenters. The summed E-state index contributed by atoms with van der Waals surface area (Å²) in [7, 11) is 0. The smallest absolute Gasteiger partial charge is 0.233 e. The Labute approximate surface area is 204 Å². The number of benzene rings is 2. The fraction of sp³-hybridized carbons (Fsp3) is 0.391. The van der Waals surface area contributed by atoms with Crippen molar-refractivity contribution in [2.45, 2.75) is 30.1 Å². The second kappa shape index (κ2) is 12.7. The molecule has 168 valence electrons. The molecule has 8 heteroatoms. The first-order chi connectivity index (χ1) is 14.6. The van der Waals surface area contributed by atoms with Crippen LogP contribution in [0.1, 0.15) is 19.4 Å². The minimum absolute atomic E-state index is 0. The Bertz CT molecular complexity index is 974. The van der Waals surface area contributed by atoms with Crippen LogP contribution in [0.5, 0.6) is 0 Å². The normalized spacial score (nSPS) is 11.0. The Morgan fingerprint density at radius 1 is 0.968 bits per heavy atom. The molecular weight excluding hydrogens is 466 g/mol. The maximum absolute atomic E-state index is 13.3. The van der Waals surface area contributed by atoms with Gasteiger partial charge in [-0.1, -0.05) is 37.3 Å². The number of nitrogens with zero attached hydrogens (tertiary/aromatic N) is 3. The molecule has 3 rings (SSSR count). The number of amides is 1. The number of thiazole rings is 1. The van der Waals surface area contributed by atoms with Crippen LogP contribution in [0.2, 0.25) is 0 Å². The highest BCUT2D eigenvalue weighted by Crippen LogP contribution is 2.32. The Morgan fingerprint density at radius 3 is 2.23 bits per heavy atom. The van der Waals surface area contributed by atoms with Gasteiger partial charge < -0.3 is 4.90 Å². The first-order valence-electron chi connectivity index (χ1n) is 10.2. The van der Waals surface area contributed by atoms with Gasteiger partial charge >= 0.3 is 0 Å². The average Bonchev–Trinajstić information content (AvgIpc) is 3.19. The molecule has 0 bridgehead atoms. The number of hydrogen-bond donors (Lipinski definition) is 0. The predicted octanol–water partition coefficient (Wildman–Crippen LogP) is 6.08. The van der Waals surface area contributed by atoms with E-state index in [1.807, 2.05) is 4.90 Å². The molecule has 31 heavy (non-hydrogen) atoms. The van der Waals surface area contributed by atoms with Crippen molar-refractivity contribution in [3.8, 4) is 0 Å². The summed E-state index contributed by atoms with van der Waals surface area (Å²) >= 11 is 5.04. The molecule has 0 saturated carbocycles. The van der Waals surface area contributed by atoms with Gasteiger partial charge in [-0.05, 0) is 61.5 Å². The van der Waals surface area contributed by atoms with Gasteiger partial charge in [0.25, 0.3) is 0 Å². The van der Waals surface area contributed by atoms with Crippen molar-refractivity contribution in [2.75, 3.05) is 43.6 Å². The van der Waals surface area contributed by atoms with E-state index < -0.39 is 0 Å². The molecule has 2 aromatic carbocycles. The second-order valence-corrected chi connectivity index (χ2v) is 9.70. The van der Waals surface area contributed by atoms with Gasteiger partial charge in [-0.25, -0.2) is 4.98 Å². The van der Waals surface area contributed by atoms with E-state index in [1.54, 1.807) is 34.9 Å². The molecule has 0 radical (unpaired) electrons. The third kappa shape index (κ3) is 6.86. The zero-order valence-corrected chi connectivity index (χ0v) is 21.7. The van der Waals surface area contributed by atoms with E-state index in [0.717, 1.165) is 40.5 Å². The summed E-state index contributed by atoms with van der Waals surface area (Å²) in [5.41, 5.74) is 1.99. The molecule has 4 nitrogen and oxygen atoms in total. The van der Waals surface area contributed by atoms with Gasteiger partial charge in [-0.3, -0.25) is 9.69 Å². The van der Waals surface area contributed by atoms with Crippen LogP contribution in [-0.2, 0) is 11.2 Å². The van der Waals surface area contributed by atoms with Gasteiger partial charge in [-0.15, -0.1) is 35.9 Å². The Hall–Kier alpha value is -1.25. The van der Waals surface area contributed by atoms with E-state index in [4.69, 9.17) is 4.98 Å². The van der Waals surface area contributed by atoms with Gasteiger partial charge in [0.1, 0.15) is 0 Å². The molecule has 3 aromatic rings. The monoisotopic (exact) mass is 495 g/mol. The van der Waals surface area contributed by atoms with E-state index in [9.17, 15) is 4.79 Å². The molecule has 1 aromatic heterocycles. The standard InChI is InChI=1S/C23H29N3OS3.ClH/c1-5-25(6-2)13-14-26(22(27)15-17-7-9-18(28-3)10-8-17)23-24-20-12-11-19(29-4)16-21(20)30-23;/h7-12,16H,5-6,13-15H2,1-4H3;1H. The van der Waals surface area contributed by atoms with E-state index in [2.05, 4.69) is 73.7 Å². The molecular formula is C23H30ClN3OS3. The van der Waals surface area contributed by atoms with E-state index in [0.29, 0.717) is 13.0 Å². The first-order valence-corrected chi connectivity index (χ1v) is 13.4. The van der Waals surface area contributed by atoms with Crippen molar-refractivity contribution >= 4 is 68.5 Å². The van der Waals surface area contributed by atoms with Crippen LogP contribution in [0, 0.1) is 0 Å². The SMILES string of the molecule is CCN(CC)CCN(C(=O)Cc1ccc(SC)cc1)c1nc2ccc(SC)cc2s1.Cl. The summed E-state index contributed by atoms with van der Waals surface area (Å²) in [6.07, 6.45) is 4.52. The summed E-state index contributed by atoms with van der Waals surface area (Å²) in [5, 5.41) is 0.793. The molecule has 0 atom stereocenters. The number of anilines is 1. The van der Waals surface area contributed by atoms with Crippen molar-refractivity contribution in [1.29, 1.82) is 0 Å². The number of likely N-dealkylation sites (N-methyl/N-ethyl adjacent to an activating group) is 1. The fourth-order valence-electron chi connectivity index (χ4n) is 3.26. The Balaban J connectivity index is 0.00000341. The number of fused-ring (bicyclic) bond motifs is 1. The molecule has 0 N–H and O–H groups in total. The van der Waals surface area contributed by atoms with E-state index in [1.165, 1.54) is 9.79 Å². The Kier molecular flexibility index (Phi) is 10.7. The first kappa shape index (κ1) is 26.0. The van der Waals surface area contributed by atoms with E-state index >= 15 is 0 Å². The lowest BCUT2D eigenvalue weighted by Gasteiger charge is -2.24. The van der Waals surface area contributed by atoms with Crippen molar-refractivity contribution in [3.05, 3.63) is 48.0 Å². The van der Waals surface area contributed by atoms with Crippen LogP contribution in [0.25, 0.3) is 10.2 Å². The van der Waals surface area contributed by atoms with Crippen molar-refractivity contribution < 1.29 is 4.79 Å². The molecule has 0 aliphatic carbocycles. The minimum Gasteiger partial charge on any atom is -0.302 e. The molecule has 1 heterocycles. The van der Waals surface area contributed by atoms with Gasteiger partial charge in [-0.2, -0.15) is 0 Å². The summed E-state index contributed by atoms with van der Waals surface area (Å²) in [5.74, 6) is 0.100. The van der Waals surface area contributed by atoms with Crippen LogP contribution in [0.15, 0.2) is 52.3 Å². The minimum atomic E-state index is 0. The number of carbonyl (C=O) groups is 1. The van der Waals surface area contributed by atoms with Crippen LogP contribution in [0.3, 0.4) is 0 Å². The molecule has 0 spiro atoms. The predicted molar refractivity (Wildman–Crippen MR) is 141 cm³/mol. The van der Waals surface area contributed by atoms with Crippen LogP contribution in [0.4, 0.5) is 5.13 Å². The maximum atomic E-state index is 13.3. The molecule has 1 amide bonds. The molecule has 0 saturated heterocycles. The summed E-state index contributed by atoms with van der Waals surface area (Å²) in [4.78, 5) is 24.8. The number of rotatable bonds is 10. The largest absolute Gasteiger partial charge is 0.302 e. The van der Waals surface area contributed by atoms with Crippen molar-refractivity contribution in [2.24, 2.45) is 0 Å². The molecule has 0 fully saturated rings. The number of carbonyl (C=O) groups excluding carboxylic acids is 1. The summed E-state index contributed by atoms with van der Waals surface area (Å²) < 4.78 is 1.13. The fourth-order valence-corrected chi connectivity index (χ4v) is 5.23.